The number of hydrogen-bond donors (Lipinski definition) is 0. The van der Waals surface area contributed by atoms with Crippen LogP contribution in [0.2, 0.25) is 5.02 Å². The zero-order chi connectivity index (χ0) is 22.8. The summed E-state index contributed by atoms with van der Waals surface area (Å²) in [7, 11) is -2.07. The lowest BCUT2D eigenvalue weighted by atomic mass is 10.1. The van der Waals surface area contributed by atoms with E-state index in [1.807, 2.05) is 24.3 Å². The second kappa shape index (κ2) is 9.36. The van der Waals surface area contributed by atoms with Crippen LogP contribution < -0.4 is 13.9 Å². The van der Waals surface area contributed by atoms with Crippen molar-refractivity contribution in [3.63, 3.8) is 0 Å². The molecule has 1 aliphatic heterocycles. The number of nitrogens with zero attached hydrogens (tertiary/aromatic N) is 3. The molecule has 1 saturated heterocycles. The minimum Gasteiger partial charge on any atom is -0.497 e. The third kappa shape index (κ3) is 5.25. The van der Waals surface area contributed by atoms with E-state index in [9.17, 15) is 13.2 Å². The minimum atomic E-state index is -3.70. The van der Waals surface area contributed by atoms with E-state index in [1.54, 1.807) is 44.1 Å². The summed E-state index contributed by atoms with van der Waals surface area (Å²) in [6.45, 7) is 5.79. The fourth-order valence-electron chi connectivity index (χ4n) is 3.84. The first kappa shape index (κ1) is 23.2. The quantitative estimate of drug-likeness (QED) is 0.655. The van der Waals surface area contributed by atoms with Gasteiger partial charge in [-0.1, -0.05) is 17.7 Å². The molecule has 0 N–H and O–H groups in total. The molecule has 1 amide bonds. The summed E-state index contributed by atoms with van der Waals surface area (Å²) in [5.41, 5.74) is 2.22. The van der Waals surface area contributed by atoms with E-state index in [0.717, 1.165) is 23.3 Å². The first-order valence-corrected chi connectivity index (χ1v) is 12.3. The van der Waals surface area contributed by atoms with Crippen LogP contribution >= 0.6 is 11.6 Å². The number of ether oxygens (including phenoxy) is 1. The Morgan fingerprint density at radius 2 is 1.71 bits per heavy atom. The Bertz CT molecular complexity index is 1040. The Hall–Kier alpha value is -2.45. The van der Waals surface area contributed by atoms with Gasteiger partial charge in [-0.05, 0) is 55.8 Å². The highest BCUT2D eigenvalue weighted by Crippen LogP contribution is 2.29. The second-order valence-corrected chi connectivity index (χ2v) is 9.97. The first-order valence-electron chi connectivity index (χ1n) is 10.0. The van der Waals surface area contributed by atoms with Crippen LogP contribution in [0.15, 0.2) is 42.5 Å². The fraction of sp³-hybridized carbons (Fsp3) is 0.409. The van der Waals surface area contributed by atoms with Crippen molar-refractivity contribution in [3.8, 4) is 5.75 Å². The first-order chi connectivity index (χ1) is 14.6. The molecule has 2 aromatic rings. The smallest absolute Gasteiger partial charge is 0.246 e. The molecule has 7 nitrogen and oxygen atoms in total. The van der Waals surface area contributed by atoms with Crippen molar-refractivity contribution < 1.29 is 17.9 Å². The molecule has 2 aromatic carbocycles. The molecule has 0 saturated carbocycles. The molecule has 0 aliphatic carbocycles. The topological polar surface area (TPSA) is 70.2 Å². The summed E-state index contributed by atoms with van der Waals surface area (Å²) in [6.07, 6.45) is 1.11. The maximum Gasteiger partial charge on any atom is 0.246 e. The largest absolute Gasteiger partial charge is 0.497 e. The van der Waals surface area contributed by atoms with Crippen LogP contribution in [-0.4, -0.2) is 64.8 Å². The maximum atomic E-state index is 13.2. The van der Waals surface area contributed by atoms with Gasteiger partial charge in [0.2, 0.25) is 15.9 Å². The van der Waals surface area contributed by atoms with Gasteiger partial charge in [-0.15, -0.1) is 0 Å². The Labute approximate surface area is 189 Å². The molecule has 9 heteroatoms. The van der Waals surface area contributed by atoms with Crippen LogP contribution in [0.25, 0.3) is 0 Å². The summed E-state index contributed by atoms with van der Waals surface area (Å²) in [6, 6.07) is 12.0. The number of carbonyl (C=O) groups is 1. The molecule has 0 bridgehead atoms. The summed E-state index contributed by atoms with van der Waals surface area (Å²) in [5, 5.41) is 0.419. The monoisotopic (exact) mass is 465 g/mol. The average molecular weight is 466 g/mol. The highest BCUT2D eigenvalue weighted by atomic mass is 35.5. The number of benzene rings is 2. The summed E-state index contributed by atoms with van der Waals surface area (Å²) >= 11 is 6.11. The Morgan fingerprint density at radius 3 is 2.26 bits per heavy atom. The predicted octanol–water partition coefficient (Wildman–Crippen LogP) is 3.16. The molecule has 0 unspecified atom stereocenters. The standard InChI is InChI=1S/C22H28ClN3O4S/c1-16-5-6-18(23)15-21(16)26(31(4,28)29)17(2)22(27)25-13-11-24(12-14-25)19-7-9-20(30-3)10-8-19/h5-10,15,17H,11-14H2,1-4H3/t17-/m1/s1. The molecule has 0 aromatic heterocycles. The van der Waals surface area contributed by atoms with Gasteiger partial charge < -0.3 is 14.5 Å². The highest BCUT2D eigenvalue weighted by Gasteiger charge is 2.34. The van der Waals surface area contributed by atoms with Gasteiger partial charge in [0.1, 0.15) is 11.8 Å². The number of amides is 1. The Balaban J connectivity index is 1.74. The van der Waals surface area contributed by atoms with Crippen LogP contribution in [0, 0.1) is 6.92 Å². The number of halogens is 1. The van der Waals surface area contributed by atoms with Gasteiger partial charge in [0.05, 0.1) is 19.1 Å². The molecule has 1 aliphatic rings. The SMILES string of the molecule is COc1ccc(N2CCN(C(=O)[C@@H](C)N(c3cc(Cl)ccc3C)S(C)(=O)=O)CC2)cc1. The van der Waals surface area contributed by atoms with Crippen molar-refractivity contribution in [3.05, 3.63) is 53.1 Å². The van der Waals surface area contributed by atoms with Crippen molar-refractivity contribution in [2.75, 3.05) is 48.7 Å². The maximum absolute atomic E-state index is 13.2. The van der Waals surface area contributed by atoms with Crippen LogP contribution in [0.5, 0.6) is 5.75 Å². The zero-order valence-electron chi connectivity index (χ0n) is 18.2. The van der Waals surface area contributed by atoms with Crippen LogP contribution in [0.3, 0.4) is 0 Å². The number of rotatable bonds is 6. The van der Waals surface area contributed by atoms with Crippen molar-refractivity contribution in [2.45, 2.75) is 19.9 Å². The van der Waals surface area contributed by atoms with E-state index >= 15 is 0 Å². The highest BCUT2D eigenvalue weighted by molar-refractivity contribution is 7.92. The third-order valence-corrected chi connectivity index (χ3v) is 6.97. The van der Waals surface area contributed by atoms with Gasteiger partial charge in [0.15, 0.2) is 0 Å². The van der Waals surface area contributed by atoms with Crippen LogP contribution in [0.1, 0.15) is 12.5 Å². The molecule has 168 valence electrons. The van der Waals surface area contributed by atoms with Crippen molar-refractivity contribution in [1.29, 1.82) is 0 Å². The summed E-state index contributed by atoms with van der Waals surface area (Å²) in [5.74, 6) is 0.572. The zero-order valence-corrected chi connectivity index (χ0v) is 19.8. The number of methoxy groups -OCH3 is 1. The van der Waals surface area contributed by atoms with Gasteiger partial charge in [-0.3, -0.25) is 9.10 Å². The average Bonchev–Trinajstić information content (AvgIpc) is 2.75. The second-order valence-electron chi connectivity index (χ2n) is 7.68. The summed E-state index contributed by atoms with van der Waals surface area (Å²) < 4.78 is 31.6. The molecule has 3 rings (SSSR count). The van der Waals surface area contributed by atoms with Gasteiger partial charge in [-0.25, -0.2) is 8.42 Å². The van der Waals surface area contributed by atoms with E-state index in [2.05, 4.69) is 4.90 Å². The lowest BCUT2D eigenvalue weighted by Crippen LogP contribution is -2.55. The van der Waals surface area contributed by atoms with Crippen molar-refractivity contribution >= 4 is 38.9 Å². The Kier molecular flexibility index (Phi) is 7.01. The fourth-order valence-corrected chi connectivity index (χ4v) is 5.22. The van der Waals surface area contributed by atoms with E-state index in [1.165, 1.54) is 4.31 Å². The van der Waals surface area contributed by atoms with Crippen LogP contribution in [-0.2, 0) is 14.8 Å². The molecule has 1 atom stereocenters. The molecule has 31 heavy (non-hydrogen) atoms. The van der Waals surface area contributed by atoms with Gasteiger partial charge in [0.25, 0.3) is 0 Å². The Morgan fingerprint density at radius 1 is 1.10 bits per heavy atom. The van der Waals surface area contributed by atoms with Gasteiger partial charge in [-0.2, -0.15) is 0 Å². The van der Waals surface area contributed by atoms with Crippen LogP contribution in [0.4, 0.5) is 11.4 Å². The number of piperazine rings is 1. The van der Waals surface area contributed by atoms with Crippen molar-refractivity contribution in [2.24, 2.45) is 0 Å². The summed E-state index contributed by atoms with van der Waals surface area (Å²) in [4.78, 5) is 17.2. The molecule has 1 heterocycles. The molecule has 0 spiro atoms. The lowest BCUT2D eigenvalue weighted by Gasteiger charge is -2.39. The minimum absolute atomic E-state index is 0.223. The lowest BCUT2D eigenvalue weighted by molar-refractivity contribution is -0.132. The molecule has 0 radical (unpaired) electrons. The van der Waals surface area contributed by atoms with Gasteiger partial charge in [0, 0.05) is 36.9 Å². The molecular weight excluding hydrogens is 438 g/mol. The number of sulfonamides is 1. The van der Waals surface area contributed by atoms with E-state index < -0.39 is 16.1 Å². The van der Waals surface area contributed by atoms with E-state index in [4.69, 9.17) is 16.3 Å². The molecule has 1 fully saturated rings. The van der Waals surface area contributed by atoms with Gasteiger partial charge >= 0.3 is 0 Å². The third-order valence-electron chi connectivity index (χ3n) is 5.50. The van der Waals surface area contributed by atoms with Crippen molar-refractivity contribution in [1.82, 2.24) is 4.90 Å². The van der Waals surface area contributed by atoms with E-state index in [-0.39, 0.29) is 5.91 Å². The molecular formula is C22H28ClN3O4S. The predicted molar refractivity (Wildman–Crippen MR) is 125 cm³/mol. The number of carbonyl (C=O) groups excluding carboxylic acids is 1. The number of aryl methyl sites for hydroxylation is 1. The number of anilines is 2. The normalized spacial score (nSPS) is 15.5. The number of hydrogen-bond acceptors (Lipinski definition) is 5. The van der Waals surface area contributed by atoms with E-state index in [0.29, 0.717) is 36.9 Å².